The summed E-state index contributed by atoms with van der Waals surface area (Å²) in [6.45, 7) is 4.31. The molecule has 1 aliphatic rings. The van der Waals surface area contributed by atoms with Crippen LogP contribution in [0, 0.1) is 0 Å². The van der Waals surface area contributed by atoms with Crippen LogP contribution in [0.5, 0.6) is 0 Å². The van der Waals surface area contributed by atoms with Crippen molar-refractivity contribution < 1.29 is 9.90 Å². The summed E-state index contributed by atoms with van der Waals surface area (Å²) in [6, 6.07) is 13.1. The molecular formula is C21H22BrN3O2S. The summed E-state index contributed by atoms with van der Waals surface area (Å²) in [6.07, 6.45) is 3.35. The highest BCUT2D eigenvalue weighted by atomic mass is 79.9. The number of aromatic nitrogens is 3. The third-order valence-corrected chi connectivity index (χ3v) is 7.08. The molecule has 0 spiro atoms. The van der Waals surface area contributed by atoms with Crippen molar-refractivity contribution in [2.75, 3.05) is 5.75 Å². The molecule has 1 atom stereocenters. The van der Waals surface area contributed by atoms with Crippen LogP contribution in [-0.4, -0.2) is 31.6 Å². The van der Waals surface area contributed by atoms with E-state index in [0.717, 1.165) is 6.42 Å². The van der Waals surface area contributed by atoms with Crippen molar-refractivity contribution in [1.29, 1.82) is 0 Å². The molecule has 3 aromatic rings. The van der Waals surface area contributed by atoms with Crippen molar-refractivity contribution in [2.24, 2.45) is 0 Å². The number of nitrogens with zero attached hydrogens (tertiary/aromatic N) is 3. The first kappa shape index (κ1) is 19.5. The highest BCUT2D eigenvalue weighted by Crippen LogP contribution is 2.46. The monoisotopic (exact) mass is 459 g/mol. The smallest absolute Gasteiger partial charge is 0.313 e. The van der Waals surface area contributed by atoms with Gasteiger partial charge in [-0.15, -0.1) is 10.2 Å². The lowest BCUT2D eigenvalue weighted by Gasteiger charge is -2.33. The van der Waals surface area contributed by atoms with Gasteiger partial charge in [0.1, 0.15) is 0 Å². The number of hydrogen-bond acceptors (Lipinski definition) is 4. The fraction of sp³-hybridized carbons (Fsp3) is 0.381. The molecule has 28 heavy (non-hydrogen) atoms. The number of thioether (sulfide) groups is 1. The van der Waals surface area contributed by atoms with Crippen molar-refractivity contribution in [3.8, 4) is 0 Å². The topological polar surface area (TPSA) is 68.0 Å². The van der Waals surface area contributed by atoms with E-state index in [1.807, 2.05) is 4.57 Å². The third-order valence-electron chi connectivity index (χ3n) is 5.66. The number of carboxylic acids is 1. The van der Waals surface area contributed by atoms with Crippen molar-refractivity contribution in [1.82, 2.24) is 14.8 Å². The van der Waals surface area contributed by atoms with Crippen LogP contribution in [0.15, 0.2) is 46.3 Å². The zero-order chi connectivity index (χ0) is 19.9. The van der Waals surface area contributed by atoms with Gasteiger partial charge in [0, 0.05) is 0 Å². The number of rotatable bonds is 7. The van der Waals surface area contributed by atoms with Gasteiger partial charge >= 0.3 is 5.97 Å². The first-order chi connectivity index (χ1) is 13.5. The Morgan fingerprint density at radius 2 is 1.96 bits per heavy atom. The van der Waals surface area contributed by atoms with E-state index >= 15 is 0 Å². The molecule has 1 heterocycles. The van der Waals surface area contributed by atoms with E-state index in [1.165, 1.54) is 46.5 Å². The van der Waals surface area contributed by atoms with Gasteiger partial charge in [-0.1, -0.05) is 55.1 Å². The molecule has 7 heteroatoms. The highest BCUT2D eigenvalue weighted by Gasteiger charge is 2.35. The Hall–Kier alpha value is -1.86. The normalized spacial score (nSPS) is 16.2. The van der Waals surface area contributed by atoms with E-state index in [-0.39, 0.29) is 5.75 Å². The summed E-state index contributed by atoms with van der Waals surface area (Å²) in [5, 5.41) is 20.7. The molecule has 0 radical (unpaired) electrons. The number of carboxylic acid groups (broad SMARTS) is 1. The van der Waals surface area contributed by atoms with Crippen molar-refractivity contribution >= 4 is 44.4 Å². The molecule has 1 aromatic heterocycles. The number of hydrogen-bond donors (Lipinski definition) is 1. The molecule has 0 amide bonds. The molecule has 4 rings (SSSR count). The number of halogens is 1. The average molecular weight is 460 g/mol. The maximum atomic E-state index is 11.1. The Morgan fingerprint density at radius 1 is 1.25 bits per heavy atom. The Labute approximate surface area is 176 Å². The molecule has 146 valence electrons. The second kappa shape index (κ2) is 7.52. The van der Waals surface area contributed by atoms with Crippen LogP contribution in [0.4, 0.5) is 0 Å². The van der Waals surface area contributed by atoms with Crippen LogP contribution in [0.2, 0.25) is 0 Å². The molecule has 1 saturated carbocycles. The fourth-order valence-electron chi connectivity index (χ4n) is 3.90. The van der Waals surface area contributed by atoms with E-state index in [2.05, 4.69) is 76.4 Å². The Bertz CT molecular complexity index is 1050. The maximum absolute atomic E-state index is 11.1. The van der Waals surface area contributed by atoms with E-state index in [1.54, 1.807) is 0 Å². The largest absolute Gasteiger partial charge is 0.481 e. The first-order valence-corrected chi connectivity index (χ1v) is 11.2. The van der Waals surface area contributed by atoms with Crippen LogP contribution in [0.25, 0.3) is 10.8 Å². The number of benzene rings is 2. The fourth-order valence-corrected chi connectivity index (χ4v) is 5.42. The molecule has 5 nitrogen and oxygen atoms in total. The molecule has 0 saturated heterocycles. The molecule has 0 aliphatic heterocycles. The van der Waals surface area contributed by atoms with Gasteiger partial charge in [0.15, 0.2) is 5.16 Å². The van der Waals surface area contributed by atoms with E-state index in [9.17, 15) is 4.79 Å². The minimum absolute atomic E-state index is 0.0493. The maximum Gasteiger partial charge on any atom is 0.313 e. The van der Waals surface area contributed by atoms with Crippen LogP contribution in [-0.2, 0) is 10.3 Å². The SMILES string of the molecule is CCC(C)(c1ccc(C2CC2)c2ccccc12)n1c(Br)nnc1SCC(=O)O. The van der Waals surface area contributed by atoms with E-state index in [0.29, 0.717) is 15.8 Å². The van der Waals surface area contributed by atoms with Gasteiger partial charge in [-0.05, 0) is 69.9 Å². The zero-order valence-corrected chi connectivity index (χ0v) is 18.3. The molecule has 1 fully saturated rings. The van der Waals surface area contributed by atoms with Gasteiger partial charge in [-0.2, -0.15) is 0 Å². The molecule has 1 aliphatic carbocycles. The zero-order valence-electron chi connectivity index (χ0n) is 15.9. The van der Waals surface area contributed by atoms with E-state index in [4.69, 9.17) is 5.11 Å². The Kier molecular flexibility index (Phi) is 5.22. The van der Waals surface area contributed by atoms with E-state index < -0.39 is 11.5 Å². The summed E-state index contributed by atoms with van der Waals surface area (Å²) in [5.41, 5.74) is 2.22. The van der Waals surface area contributed by atoms with Crippen LogP contribution in [0.3, 0.4) is 0 Å². The lowest BCUT2D eigenvalue weighted by molar-refractivity contribution is -0.133. The quantitative estimate of drug-likeness (QED) is 0.477. The second-order valence-corrected chi connectivity index (χ2v) is 9.07. The minimum atomic E-state index is -0.867. The highest BCUT2D eigenvalue weighted by molar-refractivity contribution is 9.10. The Balaban J connectivity index is 1.89. The lowest BCUT2D eigenvalue weighted by Crippen LogP contribution is -2.32. The molecular weight excluding hydrogens is 438 g/mol. The average Bonchev–Trinajstić information content (AvgIpc) is 3.47. The van der Waals surface area contributed by atoms with Crippen LogP contribution < -0.4 is 0 Å². The summed E-state index contributed by atoms with van der Waals surface area (Å²) >= 11 is 4.73. The number of carbonyl (C=O) groups is 1. The molecule has 0 bridgehead atoms. The van der Waals surface area contributed by atoms with Crippen molar-refractivity contribution in [3.05, 3.63) is 52.3 Å². The second-order valence-electron chi connectivity index (χ2n) is 7.42. The first-order valence-electron chi connectivity index (χ1n) is 9.43. The molecule has 2 aromatic carbocycles. The van der Waals surface area contributed by atoms with Gasteiger partial charge in [0.2, 0.25) is 4.73 Å². The lowest BCUT2D eigenvalue weighted by atomic mass is 9.83. The van der Waals surface area contributed by atoms with Gasteiger partial charge in [0.05, 0.1) is 11.3 Å². The van der Waals surface area contributed by atoms with Gasteiger partial charge in [-0.3, -0.25) is 9.36 Å². The van der Waals surface area contributed by atoms with Gasteiger partial charge in [0.25, 0.3) is 0 Å². The predicted octanol–water partition coefficient (Wildman–Crippen LogP) is 5.42. The number of fused-ring (bicyclic) bond motifs is 1. The minimum Gasteiger partial charge on any atom is -0.481 e. The number of aliphatic carboxylic acids is 1. The Morgan fingerprint density at radius 3 is 2.61 bits per heavy atom. The van der Waals surface area contributed by atoms with Gasteiger partial charge in [-0.25, -0.2) is 0 Å². The van der Waals surface area contributed by atoms with Crippen molar-refractivity contribution in [3.63, 3.8) is 0 Å². The van der Waals surface area contributed by atoms with Crippen LogP contribution in [0.1, 0.15) is 50.2 Å². The van der Waals surface area contributed by atoms with Crippen molar-refractivity contribution in [2.45, 2.75) is 49.7 Å². The summed E-state index contributed by atoms with van der Waals surface area (Å²) in [4.78, 5) is 11.1. The van der Waals surface area contributed by atoms with Crippen LogP contribution >= 0.6 is 27.7 Å². The summed E-state index contributed by atoms with van der Waals surface area (Å²) in [5.74, 6) is -0.241. The molecule has 1 N–H and O–H groups in total. The van der Waals surface area contributed by atoms with Gasteiger partial charge < -0.3 is 5.11 Å². The molecule has 1 unspecified atom stereocenters. The standard InChI is InChI=1S/C21H22BrN3O2S/c1-3-21(2,25-19(22)23-24-20(25)28-12-18(26)27)17-11-10-14(13-8-9-13)15-6-4-5-7-16(15)17/h4-7,10-11,13H,3,8-9,12H2,1-2H3,(H,26,27). The third kappa shape index (κ3) is 3.35. The predicted molar refractivity (Wildman–Crippen MR) is 115 cm³/mol. The summed E-state index contributed by atoms with van der Waals surface area (Å²) in [7, 11) is 0. The summed E-state index contributed by atoms with van der Waals surface area (Å²) < 4.78 is 2.64.